The van der Waals surface area contributed by atoms with Crippen LogP contribution in [-0.2, 0) is 0 Å². The molecule has 0 amide bonds. The Morgan fingerprint density at radius 2 is 2.11 bits per heavy atom. The average Bonchev–Trinajstić information content (AvgIpc) is 1.86. The first-order chi connectivity index (χ1) is 4.06. The van der Waals surface area contributed by atoms with Gasteiger partial charge in [0.15, 0.2) is 0 Å². The summed E-state index contributed by atoms with van der Waals surface area (Å²) in [6, 6.07) is 0. The Labute approximate surface area is 57.1 Å². The second-order valence-electron chi connectivity index (χ2n) is 2.89. The Morgan fingerprint density at radius 3 is 2.11 bits per heavy atom. The van der Waals surface area contributed by atoms with Crippen LogP contribution in [-0.4, -0.2) is 17.8 Å². The van der Waals surface area contributed by atoms with Crippen molar-refractivity contribution >= 4 is 0 Å². The number of rotatable bonds is 3. The number of hydrogen-bond donors (Lipinski definition) is 2. The fraction of sp³-hybridized carbons (Fsp3) is 1.00. The third kappa shape index (κ3) is 1.95. The van der Waals surface area contributed by atoms with Crippen molar-refractivity contribution in [3.63, 3.8) is 0 Å². The summed E-state index contributed by atoms with van der Waals surface area (Å²) in [4.78, 5) is 0. The molecule has 0 aliphatic carbocycles. The highest BCUT2D eigenvalue weighted by Gasteiger charge is 2.25. The molecule has 3 N–H and O–H groups in total. The minimum atomic E-state index is -0.299. The molecule has 0 heterocycles. The Morgan fingerprint density at radius 1 is 1.67 bits per heavy atom. The zero-order valence-electron chi connectivity index (χ0n) is 6.52. The highest BCUT2D eigenvalue weighted by Crippen LogP contribution is 2.23. The van der Waals surface area contributed by atoms with Gasteiger partial charge in [0, 0.05) is 12.0 Å². The van der Waals surface area contributed by atoms with Crippen LogP contribution in [0, 0.1) is 5.41 Å². The van der Waals surface area contributed by atoms with Crippen molar-refractivity contribution in [1.82, 2.24) is 0 Å². The third-order valence-electron chi connectivity index (χ3n) is 2.28. The number of aliphatic hydroxyl groups is 1. The van der Waals surface area contributed by atoms with Gasteiger partial charge >= 0.3 is 0 Å². The van der Waals surface area contributed by atoms with E-state index in [0.29, 0.717) is 6.54 Å². The van der Waals surface area contributed by atoms with Crippen molar-refractivity contribution in [2.45, 2.75) is 33.3 Å². The van der Waals surface area contributed by atoms with E-state index in [9.17, 15) is 5.11 Å². The first kappa shape index (κ1) is 8.92. The summed E-state index contributed by atoms with van der Waals surface area (Å²) in [5.41, 5.74) is 5.38. The Bertz CT molecular complexity index is 77.0. The highest BCUT2D eigenvalue weighted by molar-refractivity contribution is 4.78. The molecular formula is C7H17NO. The molecule has 9 heavy (non-hydrogen) atoms. The molecule has 0 saturated heterocycles. The van der Waals surface area contributed by atoms with Gasteiger partial charge < -0.3 is 10.8 Å². The van der Waals surface area contributed by atoms with Gasteiger partial charge in [-0.1, -0.05) is 13.8 Å². The van der Waals surface area contributed by atoms with Crippen LogP contribution < -0.4 is 5.73 Å². The van der Waals surface area contributed by atoms with E-state index in [2.05, 4.69) is 0 Å². The second kappa shape index (κ2) is 3.18. The van der Waals surface area contributed by atoms with Crippen LogP contribution >= 0.6 is 0 Å². The Balaban J connectivity index is 3.92. The van der Waals surface area contributed by atoms with Crippen molar-refractivity contribution in [2.75, 3.05) is 6.54 Å². The van der Waals surface area contributed by atoms with Gasteiger partial charge in [-0.05, 0) is 13.3 Å². The average molecular weight is 131 g/mol. The largest absolute Gasteiger partial charge is 0.393 e. The van der Waals surface area contributed by atoms with Gasteiger partial charge in [-0.3, -0.25) is 0 Å². The summed E-state index contributed by atoms with van der Waals surface area (Å²) in [5.74, 6) is 0. The molecule has 0 aromatic rings. The summed E-state index contributed by atoms with van der Waals surface area (Å²) in [5, 5.41) is 9.19. The molecule has 56 valence electrons. The fourth-order valence-electron chi connectivity index (χ4n) is 0.610. The maximum Gasteiger partial charge on any atom is 0.0577 e. The van der Waals surface area contributed by atoms with Crippen LogP contribution in [0.15, 0.2) is 0 Å². The molecule has 0 aromatic carbocycles. The van der Waals surface area contributed by atoms with Gasteiger partial charge in [-0.2, -0.15) is 0 Å². The summed E-state index contributed by atoms with van der Waals surface area (Å²) in [6.07, 6.45) is 0.633. The lowest BCUT2D eigenvalue weighted by Crippen LogP contribution is -2.36. The molecule has 0 rings (SSSR count). The molecule has 0 fully saturated rings. The molecule has 0 aliphatic heterocycles. The lowest BCUT2D eigenvalue weighted by molar-refractivity contribution is 0.0559. The van der Waals surface area contributed by atoms with Gasteiger partial charge in [0.25, 0.3) is 0 Å². The van der Waals surface area contributed by atoms with Crippen LogP contribution in [0.1, 0.15) is 27.2 Å². The smallest absolute Gasteiger partial charge is 0.0577 e. The van der Waals surface area contributed by atoms with Crippen LogP contribution in [0.2, 0.25) is 0 Å². The van der Waals surface area contributed by atoms with Crippen molar-refractivity contribution in [3.05, 3.63) is 0 Å². The number of hydrogen-bond acceptors (Lipinski definition) is 2. The quantitative estimate of drug-likeness (QED) is 0.593. The van der Waals surface area contributed by atoms with E-state index in [-0.39, 0.29) is 11.5 Å². The SMILES string of the molecule is CCC(C)(CN)C(C)O. The summed E-state index contributed by atoms with van der Waals surface area (Å²) >= 11 is 0. The molecule has 0 saturated carbocycles. The molecule has 2 atom stereocenters. The van der Waals surface area contributed by atoms with E-state index in [4.69, 9.17) is 5.73 Å². The van der Waals surface area contributed by atoms with Crippen LogP contribution in [0.3, 0.4) is 0 Å². The summed E-state index contributed by atoms with van der Waals surface area (Å²) < 4.78 is 0. The van der Waals surface area contributed by atoms with E-state index in [0.717, 1.165) is 6.42 Å². The van der Waals surface area contributed by atoms with Gasteiger partial charge in [0.2, 0.25) is 0 Å². The molecule has 0 aromatic heterocycles. The molecule has 2 heteroatoms. The predicted molar refractivity (Wildman–Crippen MR) is 39.1 cm³/mol. The Hall–Kier alpha value is -0.0800. The van der Waals surface area contributed by atoms with Crippen molar-refractivity contribution < 1.29 is 5.11 Å². The Kier molecular flexibility index (Phi) is 3.15. The molecular weight excluding hydrogens is 114 g/mol. The first-order valence-electron chi connectivity index (χ1n) is 3.45. The normalized spacial score (nSPS) is 21.0. The highest BCUT2D eigenvalue weighted by atomic mass is 16.3. The molecule has 2 nitrogen and oxygen atoms in total. The van der Waals surface area contributed by atoms with Crippen LogP contribution in [0.4, 0.5) is 0 Å². The molecule has 0 aliphatic rings. The lowest BCUT2D eigenvalue weighted by Gasteiger charge is -2.29. The molecule has 2 unspecified atom stereocenters. The second-order valence-corrected chi connectivity index (χ2v) is 2.89. The van der Waals surface area contributed by atoms with Crippen molar-refractivity contribution in [3.8, 4) is 0 Å². The minimum absolute atomic E-state index is 0.0833. The molecule has 0 bridgehead atoms. The summed E-state index contributed by atoms with van der Waals surface area (Å²) in [7, 11) is 0. The predicted octanol–water partition coefficient (Wildman–Crippen LogP) is 0.742. The van der Waals surface area contributed by atoms with Gasteiger partial charge in [0.1, 0.15) is 0 Å². The number of aliphatic hydroxyl groups excluding tert-OH is 1. The molecule has 0 radical (unpaired) electrons. The van der Waals surface area contributed by atoms with Gasteiger partial charge in [-0.15, -0.1) is 0 Å². The molecule has 0 spiro atoms. The third-order valence-corrected chi connectivity index (χ3v) is 2.28. The monoisotopic (exact) mass is 131 g/mol. The van der Waals surface area contributed by atoms with E-state index in [1.54, 1.807) is 6.92 Å². The zero-order chi connectivity index (χ0) is 7.49. The van der Waals surface area contributed by atoms with Crippen molar-refractivity contribution in [1.29, 1.82) is 0 Å². The van der Waals surface area contributed by atoms with E-state index < -0.39 is 0 Å². The zero-order valence-corrected chi connectivity index (χ0v) is 6.52. The maximum atomic E-state index is 9.19. The topological polar surface area (TPSA) is 46.2 Å². The lowest BCUT2D eigenvalue weighted by atomic mass is 9.83. The van der Waals surface area contributed by atoms with Crippen molar-refractivity contribution in [2.24, 2.45) is 11.1 Å². The fourth-order valence-corrected chi connectivity index (χ4v) is 0.610. The van der Waals surface area contributed by atoms with E-state index in [1.807, 2.05) is 13.8 Å². The van der Waals surface area contributed by atoms with E-state index in [1.165, 1.54) is 0 Å². The first-order valence-corrected chi connectivity index (χ1v) is 3.45. The van der Waals surface area contributed by atoms with Crippen LogP contribution in [0.25, 0.3) is 0 Å². The maximum absolute atomic E-state index is 9.19. The van der Waals surface area contributed by atoms with Crippen LogP contribution in [0.5, 0.6) is 0 Å². The summed E-state index contributed by atoms with van der Waals surface area (Å²) in [6.45, 7) is 6.38. The number of nitrogens with two attached hydrogens (primary N) is 1. The van der Waals surface area contributed by atoms with Gasteiger partial charge in [0.05, 0.1) is 6.10 Å². The standard InChI is InChI=1S/C7H17NO/c1-4-7(3,5-8)6(2)9/h6,9H,4-5,8H2,1-3H3. The van der Waals surface area contributed by atoms with Gasteiger partial charge in [-0.25, -0.2) is 0 Å². The van der Waals surface area contributed by atoms with E-state index >= 15 is 0 Å². The minimum Gasteiger partial charge on any atom is -0.393 e.